The average molecular weight is 896 g/mol. The van der Waals surface area contributed by atoms with Crippen molar-refractivity contribution in [2.45, 2.75) is 151 Å². The van der Waals surface area contributed by atoms with Gasteiger partial charge in [-0.15, -0.1) is 0 Å². The summed E-state index contributed by atoms with van der Waals surface area (Å²) in [6.07, 6.45) is 21.4. The van der Waals surface area contributed by atoms with Crippen LogP contribution in [0.2, 0.25) is 0 Å². The maximum absolute atomic E-state index is 2.32. The van der Waals surface area contributed by atoms with Crippen LogP contribution in [-0.4, -0.2) is 37.0 Å². The van der Waals surface area contributed by atoms with Crippen molar-refractivity contribution in [3.05, 3.63) is 218 Å². The van der Waals surface area contributed by atoms with Crippen LogP contribution in [0.3, 0.4) is 0 Å². The van der Waals surface area contributed by atoms with Crippen molar-refractivity contribution < 1.29 is 0 Å². The molecule has 5 aliphatic rings. The Morgan fingerprint density at radius 2 is 0.773 bits per heavy atom. The van der Waals surface area contributed by atoms with Gasteiger partial charge in [-0.25, -0.2) is 0 Å². The summed E-state index contributed by atoms with van der Waals surface area (Å²) in [7, 11) is 4.30. The minimum atomic E-state index is 1.06. The smallest absolute Gasteiger partial charge is 0.0401 e. The Labute approximate surface area is 410 Å². The van der Waals surface area contributed by atoms with Gasteiger partial charge in [-0.3, -0.25) is 0 Å². The summed E-state index contributed by atoms with van der Waals surface area (Å²) in [6, 6.07) is 35.2. The summed E-state index contributed by atoms with van der Waals surface area (Å²) in [5.41, 5.74) is 18.5. The van der Waals surface area contributed by atoms with E-state index >= 15 is 0 Å². The Morgan fingerprint density at radius 1 is 0.379 bits per heavy atom. The summed E-state index contributed by atoms with van der Waals surface area (Å²) in [5, 5.41) is 0. The van der Waals surface area contributed by atoms with Crippen LogP contribution in [0.1, 0.15) is 149 Å². The highest BCUT2D eigenvalue weighted by atomic mass is 15.1. The topological polar surface area (TPSA) is 6.48 Å². The van der Waals surface area contributed by atoms with Gasteiger partial charge in [0.05, 0.1) is 0 Å². The molecule has 364 valence electrons. The van der Waals surface area contributed by atoms with Crippen LogP contribution in [0, 0.1) is 34.6 Å². The van der Waals surface area contributed by atoms with E-state index in [2.05, 4.69) is 170 Å². The fourth-order valence-corrected chi connectivity index (χ4v) is 6.71. The molecule has 4 aromatic carbocycles. The third-order valence-corrected chi connectivity index (χ3v) is 10.2. The molecule has 0 fully saturated rings. The van der Waals surface area contributed by atoms with Crippen LogP contribution in [0.15, 0.2) is 179 Å². The van der Waals surface area contributed by atoms with Gasteiger partial charge in [0.2, 0.25) is 0 Å². The molecule has 66 heavy (non-hydrogen) atoms. The standard InChI is InChI=1S/C11H12.2C10H13N.3C7H8.6C2H6/c1-8-6-7-9(2)11-5-3-4-10(8)11;2*1-8-6-7-11(2)10-5-3-4-9(8)10;3*1-7-5-3-2-4-6-7;6*1-2/h3-4,6-7H,5H2,1-2H3;3,5-6H,4,7H2,1-2H3;3-4,6H,5,7H2,1-2H3;3*2-6H,1H3;6*1-2H3. The molecule has 0 bridgehead atoms. The number of aryl methyl sites for hydroxylation is 5. The predicted molar refractivity (Wildman–Crippen MR) is 305 cm³/mol. The first-order chi connectivity index (χ1) is 32.0. The number of fused-ring (bicyclic) bond motifs is 1. The van der Waals surface area contributed by atoms with E-state index in [0.717, 1.165) is 32.4 Å². The SMILES string of the molecule is CC.CC.CC.CC.CC.CC.CC1=CCN(C)C2=C1C=CC2.CC1=CCN(C)C2=C1CC=C2.Cc1ccc(C)c2c1C=CC2.Cc1ccccc1.Cc1ccccc1.Cc1ccccc1. The zero-order valence-electron chi connectivity index (χ0n) is 46.4. The molecule has 2 heterocycles. The lowest BCUT2D eigenvalue weighted by molar-refractivity contribution is 0.447. The largest absolute Gasteiger partial charge is 0.373 e. The second kappa shape index (κ2) is 42.3. The van der Waals surface area contributed by atoms with Crippen molar-refractivity contribution in [3.63, 3.8) is 0 Å². The van der Waals surface area contributed by atoms with Gasteiger partial charge in [0.15, 0.2) is 0 Å². The maximum Gasteiger partial charge on any atom is 0.0401 e. The highest BCUT2D eigenvalue weighted by Crippen LogP contribution is 2.31. The highest BCUT2D eigenvalue weighted by Gasteiger charge is 2.18. The third kappa shape index (κ3) is 25.4. The zero-order valence-corrected chi connectivity index (χ0v) is 46.4. The van der Waals surface area contributed by atoms with Gasteiger partial charge in [0.25, 0.3) is 0 Å². The molecule has 0 N–H and O–H groups in total. The summed E-state index contributed by atoms with van der Waals surface area (Å²) >= 11 is 0. The lowest BCUT2D eigenvalue weighted by Crippen LogP contribution is -2.21. The van der Waals surface area contributed by atoms with Gasteiger partial charge in [0.1, 0.15) is 0 Å². The molecule has 2 aliphatic heterocycles. The molecular weight excluding hydrogens is 797 g/mol. The number of hydrogen-bond acceptors (Lipinski definition) is 2. The number of allylic oxidation sites excluding steroid dienone is 9. The second-order valence-electron chi connectivity index (χ2n) is 14.6. The maximum atomic E-state index is 2.32. The van der Waals surface area contributed by atoms with Crippen LogP contribution in [0.4, 0.5) is 0 Å². The van der Waals surface area contributed by atoms with E-state index in [1.54, 1.807) is 0 Å². The summed E-state index contributed by atoms with van der Waals surface area (Å²) < 4.78 is 0. The van der Waals surface area contributed by atoms with E-state index in [-0.39, 0.29) is 0 Å². The Kier molecular flexibility index (Phi) is 41.6. The molecule has 0 aromatic heterocycles. The van der Waals surface area contributed by atoms with Crippen LogP contribution < -0.4 is 0 Å². The zero-order chi connectivity index (χ0) is 50.9. The molecule has 2 nitrogen and oxygen atoms in total. The molecule has 3 aliphatic carbocycles. The van der Waals surface area contributed by atoms with Crippen molar-refractivity contribution in [2.24, 2.45) is 0 Å². The predicted octanol–water partition coefficient (Wildman–Crippen LogP) is 19.2. The van der Waals surface area contributed by atoms with Gasteiger partial charge in [-0.1, -0.05) is 245 Å². The minimum Gasteiger partial charge on any atom is -0.373 e. The molecule has 4 aromatic rings. The van der Waals surface area contributed by atoms with Crippen molar-refractivity contribution >= 4 is 6.08 Å². The highest BCUT2D eigenvalue weighted by molar-refractivity contribution is 5.65. The first kappa shape index (κ1) is 64.9. The van der Waals surface area contributed by atoms with E-state index in [4.69, 9.17) is 0 Å². The van der Waals surface area contributed by atoms with E-state index in [1.807, 2.05) is 138 Å². The van der Waals surface area contributed by atoms with Crippen molar-refractivity contribution in [2.75, 3.05) is 27.2 Å². The summed E-state index contributed by atoms with van der Waals surface area (Å²) in [4.78, 5) is 4.62. The molecule has 9 rings (SSSR count). The van der Waals surface area contributed by atoms with Crippen molar-refractivity contribution in [1.29, 1.82) is 0 Å². The fraction of sp³-hybridized carbons (Fsp3) is 0.406. The minimum absolute atomic E-state index is 1.06. The van der Waals surface area contributed by atoms with Crippen LogP contribution in [0.5, 0.6) is 0 Å². The van der Waals surface area contributed by atoms with Gasteiger partial charge >= 0.3 is 0 Å². The van der Waals surface area contributed by atoms with Gasteiger partial charge < -0.3 is 9.80 Å². The molecule has 0 saturated heterocycles. The molecule has 2 heteroatoms. The molecule has 0 spiro atoms. The molecule has 0 unspecified atom stereocenters. The normalized spacial score (nSPS) is 13.0. The van der Waals surface area contributed by atoms with E-state index < -0.39 is 0 Å². The lowest BCUT2D eigenvalue weighted by Gasteiger charge is -2.25. The molecule has 0 atom stereocenters. The van der Waals surface area contributed by atoms with Gasteiger partial charge in [0, 0.05) is 45.0 Å². The molecule has 0 amide bonds. The van der Waals surface area contributed by atoms with Crippen LogP contribution >= 0.6 is 0 Å². The first-order valence-corrected chi connectivity index (χ1v) is 25.4. The number of rotatable bonds is 0. The van der Waals surface area contributed by atoms with Crippen LogP contribution in [0.25, 0.3) is 6.08 Å². The number of nitrogens with zero attached hydrogens (tertiary/aromatic N) is 2. The Hall–Kier alpha value is -5.34. The number of hydrogen-bond donors (Lipinski definition) is 0. The average Bonchev–Trinajstić information content (AvgIpc) is 4.20. The number of benzene rings is 4. The van der Waals surface area contributed by atoms with Gasteiger partial charge in [-0.05, 0) is 112 Å². The Bertz CT molecular complexity index is 1910. The first-order valence-electron chi connectivity index (χ1n) is 25.4. The monoisotopic (exact) mass is 895 g/mol. The molecule has 0 saturated carbocycles. The quantitative estimate of drug-likeness (QED) is 0.174. The van der Waals surface area contributed by atoms with Gasteiger partial charge in [-0.2, -0.15) is 0 Å². The summed E-state index contributed by atoms with van der Waals surface area (Å²) in [6.45, 7) is 41.1. The van der Waals surface area contributed by atoms with E-state index in [9.17, 15) is 0 Å². The lowest BCUT2D eigenvalue weighted by atomic mass is 10.00. The van der Waals surface area contributed by atoms with Crippen molar-refractivity contribution in [3.8, 4) is 0 Å². The Morgan fingerprint density at radius 3 is 1.17 bits per heavy atom. The molecule has 0 radical (unpaired) electrons. The second-order valence-corrected chi connectivity index (χ2v) is 14.6. The Balaban J connectivity index is -0.000000696. The number of likely N-dealkylation sites (N-methyl/N-ethyl adjacent to an activating group) is 2. The third-order valence-electron chi connectivity index (χ3n) is 10.2. The van der Waals surface area contributed by atoms with E-state index in [0.29, 0.717) is 0 Å². The van der Waals surface area contributed by atoms with E-state index in [1.165, 1.54) is 72.6 Å². The summed E-state index contributed by atoms with van der Waals surface area (Å²) in [5.74, 6) is 0. The molecular formula is C64H98N2. The van der Waals surface area contributed by atoms with Crippen molar-refractivity contribution in [1.82, 2.24) is 9.80 Å². The fourth-order valence-electron chi connectivity index (χ4n) is 6.71. The van der Waals surface area contributed by atoms with Crippen LogP contribution in [-0.2, 0) is 6.42 Å².